The van der Waals surface area contributed by atoms with Gasteiger partial charge < -0.3 is 14.5 Å². The van der Waals surface area contributed by atoms with Crippen LogP contribution in [0.1, 0.15) is 21.9 Å². The molecular weight excluding hydrogens is 393 g/mol. The van der Waals surface area contributed by atoms with Gasteiger partial charge in [-0.05, 0) is 54.0 Å². The lowest BCUT2D eigenvalue weighted by atomic mass is 10.3. The molecule has 130 valence electrons. The number of hydrogen-bond acceptors (Lipinski definition) is 4. The van der Waals surface area contributed by atoms with Crippen LogP contribution < -0.4 is 10.1 Å². The maximum absolute atomic E-state index is 13.2. The molecule has 0 spiro atoms. The minimum absolute atomic E-state index is 0.0955. The normalized spacial score (nSPS) is 10.7. The summed E-state index contributed by atoms with van der Waals surface area (Å²) in [5.74, 6) is -0.154. The minimum Gasteiger partial charge on any atom is -0.471 e. The second kappa shape index (κ2) is 7.10. The van der Waals surface area contributed by atoms with Crippen LogP contribution in [0.4, 0.5) is 10.1 Å². The summed E-state index contributed by atoms with van der Waals surface area (Å²) in [6, 6.07) is 9.08. The zero-order valence-corrected chi connectivity index (χ0v) is 15.1. The molecule has 0 saturated heterocycles. The van der Waals surface area contributed by atoms with Gasteiger partial charge in [-0.15, -0.1) is 0 Å². The molecule has 0 saturated carbocycles. The number of aromatic nitrogens is 2. The Bertz CT molecular complexity index is 920. The number of ether oxygens (including phenoxy) is 1. The summed E-state index contributed by atoms with van der Waals surface area (Å²) in [5, 5.41) is 7.13. The summed E-state index contributed by atoms with van der Waals surface area (Å²) in [5.41, 5.74) is 1.94. The number of halogens is 2. The van der Waals surface area contributed by atoms with Crippen LogP contribution in [0.25, 0.3) is 0 Å². The molecule has 0 aliphatic heterocycles. The van der Waals surface area contributed by atoms with E-state index in [2.05, 4.69) is 26.3 Å². The second-order valence-corrected chi connectivity index (χ2v) is 6.12. The number of nitrogens with zero attached hydrogens (tertiary/aromatic N) is 2. The van der Waals surface area contributed by atoms with E-state index >= 15 is 0 Å². The maximum Gasteiger partial charge on any atom is 0.291 e. The molecule has 0 atom stereocenters. The molecule has 8 heteroatoms. The quantitative estimate of drug-likeness (QED) is 0.684. The zero-order chi connectivity index (χ0) is 18.0. The minimum atomic E-state index is -0.373. The lowest BCUT2D eigenvalue weighted by Gasteiger charge is -2.08. The summed E-state index contributed by atoms with van der Waals surface area (Å²) in [6.07, 6.45) is 0. The number of rotatable bonds is 5. The smallest absolute Gasteiger partial charge is 0.291 e. The van der Waals surface area contributed by atoms with Gasteiger partial charge in [0.15, 0.2) is 17.2 Å². The van der Waals surface area contributed by atoms with Crippen LogP contribution >= 0.6 is 15.9 Å². The fourth-order valence-corrected chi connectivity index (χ4v) is 2.61. The average Bonchev–Trinajstić information content (AvgIpc) is 3.12. The number of anilines is 1. The Morgan fingerprint density at radius 3 is 2.84 bits per heavy atom. The molecule has 2 aromatic heterocycles. The molecular formula is C17H15BrFN3O3. The Morgan fingerprint density at radius 2 is 2.16 bits per heavy atom. The van der Waals surface area contributed by atoms with Gasteiger partial charge in [-0.1, -0.05) is 6.07 Å². The zero-order valence-electron chi connectivity index (χ0n) is 13.5. The molecule has 1 N–H and O–H groups in total. The first kappa shape index (κ1) is 17.2. The van der Waals surface area contributed by atoms with Gasteiger partial charge in [0.25, 0.3) is 5.91 Å². The van der Waals surface area contributed by atoms with Crippen LogP contribution in [-0.2, 0) is 6.73 Å². The van der Waals surface area contributed by atoms with Crippen LogP contribution in [0, 0.1) is 19.7 Å². The third-order valence-electron chi connectivity index (χ3n) is 3.57. The lowest BCUT2D eigenvalue weighted by Crippen LogP contribution is -2.13. The van der Waals surface area contributed by atoms with Crippen molar-refractivity contribution in [1.82, 2.24) is 9.78 Å². The highest BCUT2D eigenvalue weighted by atomic mass is 79.9. The Kier molecular flexibility index (Phi) is 4.89. The highest BCUT2D eigenvalue weighted by Crippen LogP contribution is 2.22. The maximum atomic E-state index is 13.2. The predicted molar refractivity (Wildman–Crippen MR) is 93.1 cm³/mol. The number of carbonyl (C=O) groups excluding carboxylic acids is 1. The van der Waals surface area contributed by atoms with Crippen molar-refractivity contribution < 1.29 is 18.3 Å². The van der Waals surface area contributed by atoms with E-state index in [1.54, 1.807) is 35.9 Å². The molecule has 1 aromatic carbocycles. The van der Waals surface area contributed by atoms with Crippen LogP contribution in [0.2, 0.25) is 0 Å². The molecule has 0 radical (unpaired) electrons. The summed E-state index contributed by atoms with van der Waals surface area (Å²) in [4.78, 5) is 12.2. The monoisotopic (exact) mass is 407 g/mol. The van der Waals surface area contributed by atoms with Crippen molar-refractivity contribution in [1.29, 1.82) is 0 Å². The van der Waals surface area contributed by atoms with Crippen molar-refractivity contribution in [2.24, 2.45) is 0 Å². The van der Waals surface area contributed by atoms with Crippen LogP contribution in [0.3, 0.4) is 0 Å². The van der Waals surface area contributed by atoms with Crippen molar-refractivity contribution in [2.45, 2.75) is 20.6 Å². The van der Waals surface area contributed by atoms with Gasteiger partial charge in [0.2, 0.25) is 0 Å². The first-order valence-electron chi connectivity index (χ1n) is 7.43. The number of aryl methyl sites for hydroxylation is 1. The van der Waals surface area contributed by atoms with Gasteiger partial charge in [-0.25, -0.2) is 9.07 Å². The van der Waals surface area contributed by atoms with E-state index in [0.29, 0.717) is 27.5 Å². The van der Waals surface area contributed by atoms with Crippen LogP contribution in [0.5, 0.6) is 5.75 Å². The Hall–Kier alpha value is -2.61. The Labute approximate surface area is 151 Å². The van der Waals surface area contributed by atoms with E-state index in [-0.39, 0.29) is 24.2 Å². The Balaban J connectivity index is 1.73. The molecule has 0 unspecified atom stereocenters. The molecule has 0 fully saturated rings. The molecule has 0 bridgehead atoms. The number of carbonyl (C=O) groups is 1. The molecule has 6 nitrogen and oxygen atoms in total. The second-order valence-electron chi connectivity index (χ2n) is 5.33. The third-order valence-corrected chi connectivity index (χ3v) is 3.99. The SMILES string of the molecule is Cc1nn(COc2cccc(F)c2)c(C)c1NC(=O)c1ccc(Br)o1. The standard InChI is InChI=1S/C17H15BrFN3O3/c1-10-16(20-17(23)14-6-7-15(18)25-14)11(2)22(21-10)9-24-13-5-3-4-12(19)8-13/h3-8H,9H2,1-2H3,(H,20,23). The summed E-state index contributed by atoms with van der Waals surface area (Å²) < 4.78 is 26.0. The van der Waals surface area contributed by atoms with Crippen molar-refractivity contribution in [3.8, 4) is 5.75 Å². The van der Waals surface area contributed by atoms with Crippen molar-refractivity contribution in [3.63, 3.8) is 0 Å². The number of nitrogens with one attached hydrogen (secondary N) is 1. The first-order valence-corrected chi connectivity index (χ1v) is 8.22. The predicted octanol–water partition coefficient (Wildman–Crippen LogP) is 4.28. The largest absolute Gasteiger partial charge is 0.471 e. The van der Waals surface area contributed by atoms with Crippen molar-refractivity contribution in [2.75, 3.05) is 5.32 Å². The van der Waals surface area contributed by atoms with Crippen molar-refractivity contribution >= 4 is 27.5 Å². The van der Waals surface area contributed by atoms with Crippen LogP contribution in [0.15, 0.2) is 45.5 Å². The molecule has 1 amide bonds. The summed E-state index contributed by atoms with van der Waals surface area (Å²) in [7, 11) is 0. The van der Waals surface area contributed by atoms with Gasteiger partial charge in [-0.3, -0.25) is 4.79 Å². The molecule has 2 heterocycles. The number of hydrogen-bond donors (Lipinski definition) is 1. The summed E-state index contributed by atoms with van der Waals surface area (Å²) >= 11 is 3.16. The van der Waals surface area contributed by atoms with E-state index in [1.165, 1.54) is 12.1 Å². The highest BCUT2D eigenvalue weighted by molar-refractivity contribution is 9.10. The molecule has 0 aliphatic carbocycles. The van der Waals surface area contributed by atoms with E-state index in [9.17, 15) is 9.18 Å². The van der Waals surface area contributed by atoms with E-state index in [1.807, 2.05) is 6.92 Å². The van der Waals surface area contributed by atoms with Gasteiger partial charge in [-0.2, -0.15) is 5.10 Å². The fraction of sp³-hybridized carbons (Fsp3) is 0.176. The van der Waals surface area contributed by atoms with Gasteiger partial charge in [0.1, 0.15) is 11.6 Å². The van der Waals surface area contributed by atoms with Crippen molar-refractivity contribution in [3.05, 3.63) is 64.0 Å². The van der Waals surface area contributed by atoms with Gasteiger partial charge >= 0.3 is 0 Å². The first-order chi connectivity index (χ1) is 11.9. The highest BCUT2D eigenvalue weighted by Gasteiger charge is 2.17. The van der Waals surface area contributed by atoms with E-state index < -0.39 is 0 Å². The lowest BCUT2D eigenvalue weighted by molar-refractivity contribution is 0.0995. The van der Waals surface area contributed by atoms with Gasteiger partial charge in [0.05, 0.1) is 17.1 Å². The average molecular weight is 408 g/mol. The number of benzene rings is 1. The molecule has 3 rings (SSSR count). The number of furan rings is 1. The molecule has 3 aromatic rings. The third kappa shape index (κ3) is 3.90. The Morgan fingerprint density at radius 1 is 1.36 bits per heavy atom. The number of amides is 1. The summed E-state index contributed by atoms with van der Waals surface area (Å²) in [6.45, 7) is 3.68. The van der Waals surface area contributed by atoms with Crippen LogP contribution in [-0.4, -0.2) is 15.7 Å². The van der Waals surface area contributed by atoms with Gasteiger partial charge in [0, 0.05) is 6.07 Å². The van der Waals surface area contributed by atoms with E-state index in [4.69, 9.17) is 9.15 Å². The topological polar surface area (TPSA) is 69.3 Å². The molecule has 0 aliphatic rings. The molecule has 25 heavy (non-hydrogen) atoms. The van der Waals surface area contributed by atoms with E-state index in [0.717, 1.165) is 0 Å². The fourth-order valence-electron chi connectivity index (χ4n) is 2.31.